The van der Waals surface area contributed by atoms with Gasteiger partial charge in [-0.15, -0.1) is 0 Å². The van der Waals surface area contributed by atoms with Gasteiger partial charge in [-0.2, -0.15) is 0 Å². The number of hydrogen-bond acceptors (Lipinski definition) is 5. The normalized spacial score (nSPS) is 10.4. The van der Waals surface area contributed by atoms with E-state index in [9.17, 15) is 9.50 Å². The lowest BCUT2D eigenvalue weighted by molar-refractivity contribution is 0.357. The standard InChI is InChI=1S/C10H9FN2O3/c1-15-8-3-5(2-6(11)10(8)14)7-4-9(12)13-16-7/h2-4,14H,1H3,(H2,12,13). The minimum Gasteiger partial charge on any atom is -0.502 e. The fourth-order valence-corrected chi connectivity index (χ4v) is 1.30. The average Bonchev–Trinajstić information content (AvgIpc) is 2.69. The molecule has 2 rings (SSSR count). The summed E-state index contributed by atoms with van der Waals surface area (Å²) in [5.41, 5.74) is 5.76. The predicted octanol–water partition coefficient (Wildman–Crippen LogP) is 1.78. The van der Waals surface area contributed by atoms with Gasteiger partial charge in [-0.25, -0.2) is 4.39 Å². The number of aromatic hydroxyl groups is 1. The molecule has 0 amide bonds. The maximum Gasteiger partial charge on any atom is 0.194 e. The summed E-state index contributed by atoms with van der Waals surface area (Å²) in [7, 11) is 1.33. The van der Waals surface area contributed by atoms with E-state index in [1.54, 1.807) is 0 Å². The number of benzene rings is 1. The van der Waals surface area contributed by atoms with Crippen LogP contribution in [0, 0.1) is 5.82 Å². The molecule has 3 N–H and O–H groups in total. The summed E-state index contributed by atoms with van der Waals surface area (Å²) in [6, 6.07) is 3.99. The van der Waals surface area contributed by atoms with Crippen LogP contribution in [-0.2, 0) is 0 Å². The second-order valence-electron chi connectivity index (χ2n) is 3.12. The van der Waals surface area contributed by atoms with E-state index >= 15 is 0 Å². The summed E-state index contributed by atoms with van der Waals surface area (Å²) in [4.78, 5) is 0. The first-order chi connectivity index (χ1) is 7.61. The SMILES string of the molecule is COc1cc(-c2cc(N)no2)cc(F)c1O. The zero-order chi connectivity index (χ0) is 11.7. The maximum absolute atomic E-state index is 13.3. The van der Waals surface area contributed by atoms with Gasteiger partial charge < -0.3 is 20.1 Å². The number of anilines is 1. The van der Waals surface area contributed by atoms with Gasteiger partial charge >= 0.3 is 0 Å². The molecule has 0 bridgehead atoms. The number of ether oxygens (including phenoxy) is 1. The highest BCUT2D eigenvalue weighted by atomic mass is 19.1. The molecule has 84 valence electrons. The second-order valence-corrected chi connectivity index (χ2v) is 3.12. The predicted molar refractivity (Wildman–Crippen MR) is 54.5 cm³/mol. The molecule has 6 heteroatoms. The first kappa shape index (κ1) is 10.3. The van der Waals surface area contributed by atoms with Crippen LogP contribution in [0.1, 0.15) is 0 Å². The Bertz CT molecular complexity index is 525. The van der Waals surface area contributed by atoms with Gasteiger partial charge in [-0.05, 0) is 12.1 Å². The smallest absolute Gasteiger partial charge is 0.194 e. The van der Waals surface area contributed by atoms with Gasteiger partial charge in [0.15, 0.2) is 28.9 Å². The van der Waals surface area contributed by atoms with Gasteiger partial charge in [0, 0.05) is 11.6 Å². The van der Waals surface area contributed by atoms with E-state index in [1.165, 1.54) is 19.2 Å². The van der Waals surface area contributed by atoms with E-state index in [0.717, 1.165) is 6.07 Å². The number of phenols is 1. The Hall–Kier alpha value is -2.24. The van der Waals surface area contributed by atoms with Crippen LogP contribution in [0.2, 0.25) is 0 Å². The molecule has 0 aliphatic rings. The van der Waals surface area contributed by atoms with Crippen LogP contribution in [0.5, 0.6) is 11.5 Å². The fourth-order valence-electron chi connectivity index (χ4n) is 1.30. The highest BCUT2D eigenvalue weighted by molar-refractivity contribution is 5.64. The molecule has 2 aromatic rings. The maximum atomic E-state index is 13.3. The molecule has 0 aliphatic heterocycles. The van der Waals surface area contributed by atoms with Crippen LogP contribution in [0.4, 0.5) is 10.2 Å². The molecule has 0 unspecified atom stereocenters. The van der Waals surface area contributed by atoms with E-state index in [-0.39, 0.29) is 11.6 Å². The zero-order valence-electron chi connectivity index (χ0n) is 8.40. The molecule has 0 atom stereocenters. The molecule has 0 fully saturated rings. The topological polar surface area (TPSA) is 81.5 Å². The molecule has 16 heavy (non-hydrogen) atoms. The van der Waals surface area contributed by atoms with Crippen LogP contribution >= 0.6 is 0 Å². The quantitative estimate of drug-likeness (QED) is 0.812. The Morgan fingerprint density at radius 1 is 1.44 bits per heavy atom. The van der Waals surface area contributed by atoms with E-state index in [2.05, 4.69) is 5.16 Å². The molecule has 1 heterocycles. The van der Waals surface area contributed by atoms with Crippen molar-refractivity contribution >= 4 is 5.82 Å². The minimum absolute atomic E-state index is 0.0185. The third-order valence-electron chi connectivity index (χ3n) is 2.06. The van der Waals surface area contributed by atoms with E-state index in [0.29, 0.717) is 11.3 Å². The van der Waals surface area contributed by atoms with Crippen LogP contribution in [0.25, 0.3) is 11.3 Å². The van der Waals surface area contributed by atoms with Crippen molar-refractivity contribution < 1.29 is 18.8 Å². The fraction of sp³-hybridized carbons (Fsp3) is 0.100. The molecule has 0 spiro atoms. The van der Waals surface area contributed by atoms with Crippen molar-refractivity contribution in [3.8, 4) is 22.8 Å². The van der Waals surface area contributed by atoms with Crippen molar-refractivity contribution in [1.82, 2.24) is 5.16 Å². The van der Waals surface area contributed by atoms with E-state index < -0.39 is 11.6 Å². The summed E-state index contributed by atoms with van der Waals surface area (Å²) >= 11 is 0. The minimum atomic E-state index is -0.802. The third kappa shape index (κ3) is 1.65. The molecule has 0 saturated carbocycles. The lowest BCUT2D eigenvalue weighted by Crippen LogP contribution is -1.88. The van der Waals surface area contributed by atoms with Gasteiger partial charge in [-0.3, -0.25) is 0 Å². The van der Waals surface area contributed by atoms with Crippen molar-refractivity contribution in [2.24, 2.45) is 0 Å². The average molecular weight is 224 g/mol. The lowest BCUT2D eigenvalue weighted by Gasteiger charge is -2.05. The Morgan fingerprint density at radius 3 is 2.75 bits per heavy atom. The Labute approximate surface area is 90.2 Å². The molecular formula is C10H9FN2O3. The number of halogens is 1. The number of nitrogens with two attached hydrogens (primary N) is 1. The number of aromatic nitrogens is 1. The summed E-state index contributed by atoms with van der Waals surface area (Å²) < 4.78 is 23.0. The van der Waals surface area contributed by atoms with Crippen molar-refractivity contribution in [2.45, 2.75) is 0 Å². The molecule has 1 aromatic heterocycles. The summed E-state index contributed by atoms with van der Waals surface area (Å²) in [6.45, 7) is 0. The van der Waals surface area contributed by atoms with Crippen molar-refractivity contribution in [3.63, 3.8) is 0 Å². The van der Waals surface area contributed by atoms with Crippen LogP contribution in [-0.4, -0.2) is 17.4 Å². The van der Waals surface area contributed by atoms with Crippen molar-refractivity contribution in [1.29, 1.82) is 0 Å². The summed E-state index contributed by atoms with van der Waals surface area (Å²) in [6.07, 6.45) is 0. The monoisotopic (exact) mass is 224 g/mol. The summed E-state index contributed by atoms with van der Waals surface area (Å²) in [5, 5.41) is 12.8. The number of phenolic OH excluding ortho intramolecular Hbond substituents is 1. The molecule has 1 aromatic carbocycles. The third-order valence-corrected chi connectivity index (χ3v) is 2.06. The first-order valence-electron chi connectivity index (χ1n) is 4.41. The van der Waals surface area contributed by atoms with Gasteiger partial charge in [0.2, 0.25) is 0 Å². The molecule has 0 radical (unpaired) electrons. The molecule has 5 nitrogen and oxygen atoms in total. The van der Waals surface area contributed by atoms with E-state index in [1.807, 2.05) is 0 Å². The Kier molecular flexibility index (Phi) is 2.40. The number of hydrogen-bond donors (Lipinski definition) is 2. The molecule has 0 saturated heterocycles. The Balaban J connectivity index is 2.54. The van der Waals surface area contributed by atoms with Gasteiger partial charge in [0.25, 0.3) is 0 Å². The lowest BCUT2D eigenvalue weighted by atomic mass is 10.1. The molecular weight excluding hydrogens is 215 g/mol. The van der Waals surface area contributed by atoms with Crippen LogP contribution < -0.4 is 10.5 Å². The van der Waals surface area contributed by atoms with E-state index in [4.69, 9.17) is 15.0 Å². The highest BCUT2D eigenvalue weighted by Crippen LogP contribution is 2.34. The summed E-state index contributed by atoms with van der Waals surface area (Å²) in [5.74, 6) is -0.829. The van der Waals surface area contributed by atoms with Crippen LogP contribution in [0.15, 0.2) is 22.7 Å². The largest absolute Gasteiger partial charge is 0.502 e. The number of rotatable bonds is 2. The zero-order valence-corrected chi connectivity index (χ0v) is 8.40. The van der Waals surface area contributed by atoms with Gasteiger partial charge in [-0.1, -0.05) is 5.16 Å². The van der Waals surface area contributed by atoms with Gasteiger partial charge in [0.1, 0.15) is 0 Å². The van der Waals surface area contributed by atoms with Crippen molar-refractivity contribution in [3.05, 3.63) is 24.0 Å². The number of methoxy groups -OCH3 is 1. The second kappa shape index (κ2) is 3.73. The first-order valence-corrected chi connectivity index (χ1v) is 4.41. The molecule has 0 aliphatic carbocycles. The number of nitrogen functional groups attached to an aromatic ring is 1. The van der Waals surface area contributed by atoms with Crippen molar-refractivity contribution in [2.75, 3.05) is 12.8 Å². The van der Waals surface area contributed by atoms with Gasteiger partial charge in [0.05, 0.1) is 7.11 Å². The number of nitrogens with zero attached hydrogens (tertiary/aromatic N) is 1. The Morgan fingerprint density at radius 2 is 2.19 bits per heavy atom. The highest BCUT2D eigenvalue weighted by Gasteiger charge is 2.13. The van der Waals surface area contributed by atoms with Crippen LogP contribution in [0.3, 0.4) is 0 Å².